The normalized spacial score (nSPS) is 21.6. The molecule has 126 valence electrons. The summed E-state index contributed by atoms with van der Waals surface area (Å²) in [6, 6.07) is 10.1. The summed E-state index contributed by atoms with van der Waals surface area (Å²) in [6.07, 6.45) is 6.49. The molecule has 1 aromatic carbocycles. The average Bonchev–Trinajstić information content (AvgIpc) is 2.99. The monoisotopic (exact) mass is 325 g/mol. The van der Waals surface area contributed by atoms with E-state index in [0.717, 1.165) is 55.6 Å². The maximum absolute atomic E-state index is 12.4. The summed E-state index contributed by atoms with van der Waals surface area (Å²) in [5.74, 6) is -0.0594. The first-order valence-corrected chi connectivity index (χ1v) is 8.77. The summed E-state index contributed by atoms with van der Waals surface area (Å²) in [6.45, 7) is 0.936. The fourth-order valence-electron chi connectivity index (χ4n) is 3.80. The second-order valence-electron chi connectivity index (χ2n) is 7.05. The van der Waals surface area contributed by atoms with Crippen LogP contribution in [-0.4, -0.2) is 26.2 Å². The first kappa shape index (κ1) is 15.4. The number of carbonyl (C=O) groups is 1. The largest absolute Gasteiger partial charge is 0.389 e. The van der Waals surface area contributed by atoms with Crippen molar-refractivity contribution >= 4 is 5.91 Å². The van der Waals surface area contributed by atoms with Gasteiger partial charge in [0.25, 0.3) is 0 Å². The zero-order chi connectivity index (χ0) is 16.6. The minimum atomic E-state index is -0.777. The predicted octanol–water partition coefficient (Wildman–Crippen LogP) is 2.81. The van der Waals surface area contributed by atoms with Gasteiger partial charge in [-0.1, -0.05) is 30.3 Å². The molecular weight excluding hydrogens is 302 g/mol. The molecule has 2 aliphatic rings. The molecule has 1 amide bonds. The quantitative estimate of drug-likeness (QED) is 0.908. The molecule has 24 heavy (non-hydrogen) atoms. The van der Waals surface area contributed by atoms with Gasteiger partial charge in [-0.3, -0.25) is 4.79 Å². The number of fused-ring (bicyclic) bond motifs is 1. The number of hydrogen-bond donors (Lipinski definition) is 2. The molecule has 1 aliphatic carbocycles. The molecule has 0 bridgehead atoms. The zero-order valence-corrected chi connectivity index (χ0v) is 13.7. The highest BCUT2D eigenvalue weighted by molar-refractivity contribution is 5.78. The maximum atomic E-state index is 12.4. The van der Waals surface area contributed by atoms with Gasteiger partial charge in [0, 0.05) is 12.1 Å². The van der Waals surface area contributed by atoms with Gasteiger partial charge in [0.05, 0.1) is 35.8 Å². The SMILES string of the molecule is O=C(CC1(O)CCC1)NC1CCCn2cnc(-c3ccccc3)c21. The predicted molar refractivity (Wildman–Crippen MR) is 91.2 cm³/mol. The van der Waals surface area contributed by atoms with Gasteiger partial charge in [0.1, 0.15) is 0 Å². The third kappa shape index (κ3) is 2.84. The number of imidazole rings is 1. The van der Waals surface area contributed by atoms with Crippen LogP contribution in [0.4, 0.5) is 0 Å². The Morgan fingerprint density at radius 2 is 2.08 bits per heavy atom. The van der Waals surface area contributed by atoms with Crippen molar-refractivity contribution in [2.45, 2.75) is 56.7 Å². The second-order valence-corrected chi connectivity index (χ2v) is 7.05. The van der Waals surface area contributed by atoms with E-state index in [0.29, 0.717) is 0 Å². The van der Waals surface area contributed by atoms with Crippen LogP contribution in [-0.2, 0) is 11.3 Å². The number of hydrogen-bond acceptors (Lipinski definition) is 3. The highest BCUT2D eigenvalue weighted by atomic mass is 16.3. The Kier molecular flexibility index (Phi) is 3.88. The number of carbonyl (C=O) groups excluding carboxylic acids is 1. The van der Waals surface area contributed by atoms with Crippen molar-refractivity contribution in [3.8, 4) is 11.3 Å². The summed E-state index contributed by atoms with van der Waals surface area (Å²) >= 11 is 0. The molecule has 2 heterocycles. The van der Waals surface area contributed by atoms with E-state index in [4.69, 9.17) is 0 Å². The first-order chi connectivity index (χ1) is 11.6. The van der Waals surface area contributed by atoms with Crippen molar-refractivity contribution in [3.05, 3.63) is 42.4 Å². The van der Waals surface area contributed by atoms with E-state index >= 15 is 0 Å². The molecule has 4 rings (SSSR count). The number of aromatic nitrogens is 2. The van der Waals surface area contributed by atoms with Crippen molar-refractivity contribution in [1.29, 1.82) is 0 Å². The zero-order valence-electron chi connectivity index (χ0n) is 13.7. The fraction of sp³-hybridized carbons (Fsp3) is 0.474. The summed E-state index contributed by atoms with van der Waals surface area (Å²) in [7, 11) is 0. The number of rotatable bonds is 4. The molecule has 2 aromatic rings. The lowest BCUT2D eigenvalue weighted by atomic mass is 9.77. The summed E-state index contributed by atoms with van der Waals surface area (Å²) in [5.41, 5.74) is 2.33. The number of aliphatic hydroxyl groups is 1. The molecule has 1 fully saturated rings. The number of benzene rings is 1. The average molecular weight is 325 g/mol. The first-order valence-electron chi connectivity index (χ1n) is 8.77. The number of nitrogens with zero attached hydrogens (tertiary/aromatic N) is 2. The molecule has 2 N–H and O–H groups in total. The van der Waals surface area contributed by atoms with Crippen LogP contribution in [0.5, 0.6) is 0 Å². The topological polar surface area (TPSA) is 67.2 Å². The van der Waals surface area contributed by atoms with Crippen LogP contribution in [0.15, 0.2) is 36.7 Å². The van der Waals surface area contributed by atoms with Gasteiger partial charge in [-0.05, 0) is 32.1 Å². The van der Waals surface area contributed by atoms with E-state index < -0.39 is 5.60 Å². The Balaban J connectivity index is 1.57. The van der Waals surface area contributed by atoms with E-state index in [-0.39, 0.29) is 18.4 Å². The van der Waals surface area contributed by atoms with Crippen molar-refractivity contribution < 1.29 is 9.90 Å². The molecule has 0 saturated heterocycles. The van der Waals surface area contributed by atoms with Crippen LogP contribution in [0, 0.1) is 0 Å². The van der Waals surface area contributed by atoms with Gasteiger partial charge >= 0.3 is 0 Å². The minimum absolute atomic E-state index is 0.0346. The number of amides is 1. The number of nitrogens with one attached hydrogen (secondary N) is 1. The molecule has 1 aliphatic heterocycles. The lowest BCUT2D eigenvalue weighted by molar-refractivity contribution is -0.131. The van der Waals surface area contributed by atoms with Crippen molar-refractivity contribution in [2.75, 3.05) is 0 Å². The Bertz CT molecular complexity index is 734. The molecular formula is C19H23N3O2. The molecule has 1 atom stereocenters. The maximum Gasteiger partial charge on any atom is 0.223 e. The smallest absolute Gasteiger partial charge is 0.223 e. The van der Waals surface area contributed by atoms with Crippen LogP contribution in [0.2, 0.25) is 0 Å². The fourth-order valence-corrected chi connectivity index (χ4v) is 3.80. The van der Waals surface area contributed by atoms with Crippen molar-refractivity contribution in [1.82, 2.24) is 14.9 Å². The lowest BCUT2D eigenvalue weighted by Crippen LogP contribution is -2.43. The van der Waals surface area contributed by atoms with Crippen LogP contribution < -0.4 is 5.32 Å². The van der Waals surface area contributed by atoms with Crippen molar-refractivity contribution in [3.63, 3.8) is 0 Å². The summed E-state index contributed by atoms with van der Waals surface area (Å²) in [5, 5.41) is 13.4. The standard InChI is InChI=1S/C19H23N3O2/c23-16(12-19(24)9-5-10-19)21-15-8-4-11-22-13-20-17(18(15)22)14-6-2-1-3-7-14/h1-3,6-7,13,15,24H,4-5,8-12H2,(H,21,23). The van der Waals surface area contributed by atoms with Gasteiger partial charge in [-0.25, -0.2) is 4.98 Å². The Morgan fingerprint density at radius 1 is 1.29 bits per heavy atom. The van der Waals surface area contributed by atoms with E-state index in [1.54, 1.807) is 0 Å². The van der Waals surface area contributed by atoms with E-state index in [9.17, 15) is 9.90 Å². The number of aryl methyl sites for hydroxylation is 1. The molecule has 1 saturated carbocycles. The van der Waals surface area contributed by atoms with Crippen LogP contribution >= 0.6 is 0 Å². The Hall–Kier alpha value is -2.14. The van der Waals surface area contributed by atoms with Gasteiger partial charge < -0.3 is 15.0 Å². The summed E-state index contributed by atoms with van der Waals surface area (Å²) in [4.78, 5) is 17.0. The van der Waals surface area contributed by atoms with Gasteiger partial charge in [-0.2, -0.15) is 0 Å². The molecule has 1 aromatic heterocycles. The highest BCUT2D eigenvalue weighted by Gasteiger charge is 2.37. The molecule has 5 nitrogen and oxygen atoms in total. The minimum Gasteiger partial charge on any atom is -0.389 e. The third-order valence-corrected chi connectivity index (χ3v) is 5.26. The van der Waals surface area contributed by atoms with Crippen LogP contribution in [0.1, 0.15) is 50.3 Å². The van der Waals surface area contributed by atoms with Gasteiger partial charge in [0.15, 0.2) is 0 Å². The highest BCUT2D eigenvalue weighted by Crippen LogP contribution is 2.36. The Labute approximate surface area is 141 Å². The summed E-state index contributed by atoms with van der Waals surface area (Å²) < 4.78 is 2.15. The molecule has 0 radical (unpaired) electrons. The lowest BCUT2D eigenvalue weighted by Gasteiger charge is -2.36. The van der Waals surface area contributed by atoms with Crippen LogP contribution in [0.25, 0.3) is 11.3 Å². The van der Waals surface area contributed by atoms with E-state index in [1.165, 1.54) is 0 Å². The van der Waals surface area contributed by atoms with E-state index in [2.05, 4.69) is 14.9 Å². The van der Waals surface area contributed by atoms with E-state index in [1.807, 2.05) is 36.7 Å². The molecule has 5 heteroatoms. The van der Waals surface area contributed by atoms with Gasteiger partial charge in [-0.15, -0.1) is 0 Å². The Morgan fingerprint density at radius 3 is 2.79 bits per heavy atom. The van der Waals surface area contributed by atoms with Crippen LogP contribution in [0.3, 0.4) is 0 Å². The van der Waals surface area contributed by atoms with Gasteiger partial charge in [0.2, 0.25) is 5.91 Å². The van der Waals surface area contributed by atoms with Crippen molar-refractivity contribution in [2.24, 2.45) is 0 Å². The second kappa shape index (κ2) is 6.06. The molecule has 1 unspecified atom stereocenters. The third-order valence-electron chi connectivity index (χ3n) is 5.26. The molecule has 0 spiro atoms.